The fraction of sp³-hybridized carbons (Fsp3) is 0.462. The topological polar surface area (TPSA) is 55.1 Å². The maximum absolute atomic E-state index is 12.2. The molecule has 112 valence electrons. The van der Waals surface area contributed by atoms with Crippen LogP contribution < -0.4 is 11.1 Å². The molecule has 0 aromatic heterocycles. The standard InChI is InChI=1S/C13H17F3N2OS/c1-9(17)6-7-12(19)18-10-4-2-3-5-11(10)20-8-13(14,15)16/h2-5,9H,6-8,17H2,1H3,(H,18,19). The van der Waals surface area contributed by atoms with Crippen molar-refractivity contribution in [2.45, 2.75) is 36.9 Å². The predicted octanol–water partition coefficient (Wildman–Crippen LogP) is 3.41. The molecule has 0 spiro atoms. The molecule has 0 fully saturated rings. The van der Waals surface area contributed by atoms with Gasteiger partial charge in [0.25, 0.3) is 0 Å². The number of hydrogen-bond donors (Lipinski definition) is 2. The first-order chi connectivity index (χ1) is 9.28. The Bertz CT molecular complexity index is 449. The molecule has 1 unspecified atom stereocenters. The predicted molar refractivity (Wildman–Crippen MR) is 74.7 cm³/mol. The zero-order valence-corrected chi connectivity index (χ0v) is 11.9. The summed E-state index contributed by atoms with van der Waals surface area (Å²) >= 11 is 0.656. The number of nitrogens with two attached hydrogens (primary N) is 1. The molecule has 20 heavy (non-hydrogen) atoms. The highest BCUT2D eigenvalue weighted by Gasteiger charge is 2.27. The second-order valence-electron chi connectivity index (χ2n) is 4.46. The van der Waals surface area contributed by atoms with Crippen LogP contribution in [-0.2, 0) is 4.79 Å². The summed E-state index contributed by atoms with van der Waals surface area (Å²) in [6.45, 7) is 1.79. The number of carbonyl (C=O) groups is 1. The van der Waals surface area contributed by atoms with Crippen LogP contribution in [0, 0.1) is 0 Å². The van der Waals surface area contributed by atoms with Gasteiger partial charge in [0.15, 0.2) is 0 Å². The molecule has 0 aliphatic carbocycles. The van der Waals surface area contributed by atoms with Crippen LogP contribution in [0.2, 0.25) is 0 Å². The molecule has 0 saturated heterocycles. The lowest BCUT2D eigenvalue weighted by Gasteiger charge is -2.12. The molecule has 0 saturated carbocycles. The van der Waals surface area contributed by atoms with E-state index in [9.17, 15) is 18.0 Å². The molecular weight excluding hydrogens is 289 g/mol. The molecular formula is C13H17F3N2OS. The van der Waals surface area contributed by atoms with Crippen molar-refractivity contribution in [3.8, 4) is 0 Å². The van der Waals surface area contributed by atoms with E-state index in [0.29, 0.717) is 28.8 Å². The molecule has 1 rings (SSSR count). The number of rotatable bonds is 6. The van der Waals surface area contributed by atoms with Crippen LogP contribution in [0.4, 0.5) is 18.9 Å². The fourth-order valence-corrected chi connectivity index (χ4v) is 2.20. The van der Waals surface area contributed by atoms with Crippen LogP contribution in [0.5, 0.6) is 0 Å². The monoisotopic (exact) mass is 306 g/mol. The van der Waals surface area contributed by atoms with Crippen molar-refractivity contribution in [1.82, 2.24) is 0 Å². The molecule has 3 N–H and O–H groups in total. The van der Waals surface area contributed by atoms with Crippen molar-refractivity contribution in [3.05, 3.63) is 24.3 Å². The van der Waals surface area contributed by atoms with E-state index in [-0.39, 0.29) is 18.4 Å². The Morgan fingerprint density at radius 2 is 2.05 bits per heavy atom. The van der Waals surface area contributed by atoms with Crippen molar-refractivity contribution in [3.63, 3.8) is 0 Å². The van der Waals surface area contributed by atoms with Gasteiger partial charge in [0.2, 0.25) is 5.91 Å². The molecule has 0 heterocycles. The van der Waals surface area contributed by atoms with Crippen molar-refractivity contribution in [2.75, 3.05) is 11.1 Å². The fourth-order valence-electron chi connectivity index (χ4n) is 1.43. The number of para-hydroxylation sites is 1. The Hall–Kier alpha value is -1.21. The molecule has 0 radical (unpaired) electrons. The van der Waals surface area contributed by atoms with Gasteiger partial charge in [0, 0.05) is 17.4 Å². The SMILES string of the molecule is CC(N)CCC(=O)Nc1ccccc1SCC(F)(F)F. The van der Waals surface area contributed by atoms with Crippen LogP contribution in [0.1, 0.15) is 19.8 Å². The van der Waals surface area contributed by atoms with E-state index in [4.69, 9.17) is 5.73 Å². The molecule has 1 atom stereocenters. The molecule has 7 heteroatoms. The number of thioether (sulfide) groups is 1. The van der Waals surface area contributed by atoms with Crippen LogP contribution in [0.25, 0.3) is 0 Å². The Kier molecular flexibility index (Phi) is 6.35. The molecule has 1 aromatic rings. The van der Waals surface area contributed by atoms with Gasteiger partial charge in [-0.3, -0.25) is 4.79 Å². The van der Waals surface area contributed by atoms with Crippen LogP contribution >= 0.6 is 11.8 Å². The number of benzene rings is 1. The first-order valence-corrected chi connectivity index (χ1v) is 7.10. The molecule has 0 aliphatic heterocycles. The lowest BCUT2D eigenvalue weighted by atomic mass is 10.2. The maximum Gasteiger partial charge on any atom is 0.398 e. The minimum atomic E-state index is -4.24. The number of halogens is 3. The van der Waals surface area contributed by atoms with Crippen molar-refractivity contribution >= 4 is 23.4 Å². The van der Waals surface area contributed by atoms with Crippen molar-refractivity contribution < 1.29 is 18.0 Å². The van der Waals surface area contributed by atoms with Gasteiger partial charge < -0.3 is 11.1 Å². The van der Waals surface area contributed by atoms with Gasteiger partial charge in [-0.25, -0.2) is 0 Å². The summed E-state index contributed by atoms with van der Waals surface area (Å²) < 4.78 is 36.7. The zero-order valence-electron chi connectivity index (χ0n) is 11.0. The quantitative estimate of drug-likeness (QED) is 0.792. The second-order valence-corrected chi connectivity index (χ2v) is 5.48. The summed E-state index contributed by atoms with van der Waals surface area (Å²) in [5.74, 6) is -1.23. The summed E-state index contributed by atoms with van der Waals surface area (Å²) in [5.41, 5.74) is 5.95. The van der Waals surface area contributed by atoms with Crippen molar-refractivity contribution in [2.24, 2.45) is 5.73 Å². The first kappa shape index (κ1) is 16.8. The number of nitrogens with one attached hydrogen (secondary N) is 1. The lowest BCUT2D eigenvalue weighted by molar-refractivity contribution is -0.116. The number of anilines is 1. The van der Waals surface area contributed by atoms with Gasteiger partial charge in [-0.05, 0) is 25.5 Å². The van der Waals surface area contributed by atoms with Gasteiger partial charge in [0.05, 0.1) is 11.4 Å². The van der Waals surface area contributed by atoms with Crippen LogP contribution in [0.15, 0.2) is 29.2 Å². The summed E-state index contributed by atoms with van der Waals surface area (Å²) in [4.78, 5) is 12.1. The summed E-state index contributed by atoms with van der Waals surface area (Å²) in [6.07, 6.45) is -3.46. The minimum absolute atomic E-state index is 0.0874. The van der Waals surface area contributed by atoms with E-state index in [1.54, 1.807) is 31.2 Å². The van der Waals surface area contributed by atoms with Gasteiger partial charge >= 0.3 is 6.18 Å². The van der Waals surface area contributed by atoms with E-state index >= 15 is 0 Å². The largest absolute Gasteiger partial charge is 0.398 e. The molecule has 1 amide bonds. The maximum atomic E-state index is 12.2. The molecule has 1 aromatic carbocycles. The lowest BCUT2D eigenvalue weighted by Crippen LogP contribution is -2.19. The zero-order chi connectivity index (χ0) is 15.2. The van der Waals surface area contributed by atoms with Crippen LogP contribution in [0.3, 0.4) is 0 Å². The van der Waals surface area contributed by atoms with Crippen molar-refractivity contribution in [1.29, 1.82) is 0 Å². The average Bonchev–Trinajstić information content (AvgIpc) is 2.34. The molecule has 3 nitrogen and oxygen atoms in total. The highest BCUT2D eigenvalue weighted by molar-refractivity contribution is 7.99. The van der Waals surface area contributed by atoms with E-state index in [1.165, 1.54) is 0 Å². The second kappa shape index (κ2) is 7.54. The Morgan fingerprint density at radius 3 is 2.65 bits per heavy atom. The van der Waals surface area contributed by atoms with Gasteiger partial charge in [-0.2, -0.15) is 13.2 Å². The number of amides is 1. The molecule has 0 aliphatic rings. The summed E-state index contributed by atoms with van der Waals surface area (Å²) in [7, 11) is 0. The minimum Gasteiger partial charge on any atom is -0.328 e. The Morgan fingerprint density at radius 1 is 1.40 bits per heavy atom. The van der Waals surface area contributed by atoms with E-state index < -0.39 is 11.9 Å². The molecule has 0 bridgehead atoms. The number of alkyl halides is 3. The van der Waals surface area contributed by atoms with E-state index in [1.807, 2.05) is 0 Å². The van der Waals surface area contributed by atoms with E-state index in [2.05, 4.69) is 5.32 Å². The highest BCUT2D eigenvalue weighted by atomic mass is 32.2. The Balaban J connectivity index is 2.63. The summed E-state index contributed by atoms with van der Waals surface area (Å²) in [5, 5.41) is 2.62. The van der Waals surface area contributed by atoms with E-state index in [0.717, 1.165) is 0 Å². The smallest absolute Gasteiger partial charge is 0.328 e. The van der Waals surface area contributed by atoms with Gasteiger partial charge in [0.1, 0.15) is 0 Å². The normalized spacial score (nSPS) is 13.1. The first-order valence-electron chi connectivity index (χ1n) is 6.12. The Labute approximate surface area is 120 Å². The average molecular weight is 306 g/mol. The summed E-state index contributed by atoms with van der Waals surface area (Å²) in [6, 6.07) is 6.35. The number of carbonyl (C=O) groups excluding carboxylic acids is 1. The third kappa shape index (κ3) is 6.81. The number of hydrogen-bond acceptors (Lipinski definition) is 3. The third-order valence-corrected chi connectivity index (χ3v) is 3.52. The third-order valence-electron chi connectivity index (χ3n) is 2.38. The highest BCUT2D eigenvalue weighted by Crippen LogP contribution is 2.32. The van der Waals surface area contributed by atoms with Crippen LogP contribution in [-0.4, -0.2) is 23.9 Å². The van der Waals surface area contributed by atoms with Gasteiger partial charge in [-0.15, -0.1) is 11.8 Å². The van der Waals surface area contributed by atoms with Gasteiger partial charge in [-0.1, -0.05) is 12.1 Å².